The molecule has 0 aromatic heterocycles. The van der Waals surface area contributed by atoms with Crippen LogP contribution in [0.5, 0.6) is 0 Å². The topological polar surface area (TPSA) is 41.1 Å². The number of benzene rings is 1. The lowest BCUT2D eigenvalue weighted by atomic mass is 10.1. The fraction of sp³-hybridized carbons (Fsp3) is 0.385. The van der Waals surface area contributed by atoms with Crippen molar-refractivity contribution in [3.63, 3.8) is 0 Å². The highest BCUT2D eigenvalue weighted by molar-refractivity contribution is 7.85. The maximum absolute atomic E-state index is 11.7. The van der Waals surface area contributed by atoms with Gasteiger partial charge in [-0.2, -0.15) is 0 Å². The summed E-state index contributed by atoms with van der Waals surface area (Å²) in [7, 11) is -0.858. The molecule has 17 heavy (non-hydrogen) atoms. The molecule has 1 aromatic carbocycles. The second-order valence-corrected chi connectivity index (χ2v) is 5.51. The molecule has 0 saturated heterocycles. The molecule has 0 saturated carbocycles. The quantitative estimate of drug-likeness (QED) is 0.598. The molecule has 1 aromatic rings. The van der Waals surface area contributed by atoms with E-state index in [2.05, 4.69) is 29.3 Å². The summed E-state index contributed by atoms with van der Waals surface area (Å²) in [4.78, 5) is 0.960. The number of hydrogen-bond donors (Lipinski definition) is 2. The van der Waals surface area contributed by atoms with Crippen LogP contribution < -0.4 is 10.6 Å². The van der Waals surface area contributed by atoms with Gasteiger partial charge in [-0.1, -0.05) is 12.1 Å². The molecular formula is C13H18N2OS. The predicted molar refractivity (Wildman–Crippen MR) is 72.7 cm³/mol. The molecule has 0 spiro atoms. The summed E-state index contributed by atoms with van der Waals surface area (Å²) >= 11 is 0. The van der Waals surface area contributed by atoms with Gasteiger partial charge in [-0.05, 0) is 37.1 Å². The second-order valence-electron chi connectivity index (χ2n) is 4.09. The second kappa shape index (κ2) is 5.98. The van der Waals surface area contributed by atoms with Crippen molar-refractivity contribution in [2.45, 2.75) is 17.7 Å². The third kappa shape index (κ3) is 3.17. The summed E-state index contributed by atoms with van der Waals surface area (Å²) in [6.45, 7) is 5.51. The Kier molecular flexibility index (Phi) is 4.34. The Morgan fingerprint density at radius 2 is 2.41 bits per heavy atom. The van der Waals surface area contributed by atoms with Crippen LogP contribution in [0.4, 0.5) is 5.69 Å². The Morgan fingerprint density at radius 1 is 1.53 bits per heavy atom. The van der Waals surface area contributed by atoms with Gasteiger partial charge in [0.05, 0.1) is 27.3 Å². The van der Waals surface area contributed by atoms with Crippen molar-refractivity contribution in [2.24, 2.45) is 0 Å². The van der Waals surface area contributed by atoms with Gasteiger partial charge in [0.2, 0.25) is 0 Å². The molecule has 0 fully saturated rings. The van der Waals surface area contributed by atoms with Crippen LogP contribution in [0.1, 0.15) is 12.0 Å². The lowest BCUT2D eigenvalue weighted by Gasteiger charge is -2.04. The van der Waals surface area contributed by atoms with E-state index in [0.717, 1.165) is 36.5 Å². The van der Waals surface area contributed by atoms with Crippen molar-refractivity contribution in [2.75, 3.05) is 24.3 Å². The van der Waals surface area contributed by atoms with E-state index in [1.807, 2.05) is 12.1 Å². The number of rotatable bonds is 6. The van der Waals surface area contributed by atoms with E-state index in [4.69, 9.17) is 0 Å². The Bertz CT molecular complexity index is 431. The largest absolute Gasteiger partial charge is 0.372 e. The SMILES string of the molecule is C=CCNCCCc1ccc2c(c1)S(=O)CN2. The molecule has 2 N–H and O–H groups in total. The highest BCUT2D eigenvalue weighted by Crippen LogP contribution is 2.26. The zero-order valence-electron chi connectivity index (χ0n) is 9.87. The van der Waals surface area contributed by atoms with Gasteiger partial charge in [0.15, 0.2) is 0 Å². The van der Waals surface area contributed by atoms with Gasteiger partial charge in [-0.15, -0.1) is 6.58 Å². The van der Waals surface area contributed by atoms with Crippen LogP contribution in [0, 0.1) is 0 Å². The first-order valence-electron chi connectivity index (χ1n) is 5.88. The molecule has 1 aliphatic rings. The van der Waals surface area contributed by atoms with Crippen molar-refractivity contribution < 1.29 is 4.21 Å². The number of aryl methyl sites for hydroxylation is 1. The normalized spacial score (nSPS) is 17.5. The Hall–Kier alpha value is -1.13. The molecule has 1 unspecified atom stereocenters. The highest BCUT2D eigenvalue weighted by Gasteiger charge is 2.17. The summed E-state index contributed by atoms with van der Waals surface area (Å²) in [6.07, 6.45) is 3.98. The van der Waals surface area contributed by atoms with Crippen LogP contribution in [0.15, 0.2) is 35.7 Å². The first-order chi connectivity index (χ1) is 8.31. The van der Waals surface area contributed by atoms with Gasteiger partial charge in [0.1, 0.15) is 0 Å². The van der Waals surface area contributed by atoms with Gasteiger partial charge in [-0.3, -0.25) is 4.21 Å². The molecule has 0 aliphatic carbocycles. The number of fused-ring (bicyclic) bond motifs is 1. The molecule has 0 radical (unpaired) electrons. The maximum atomic E-state index is 11.7. The Morgan fingerprint density at radius 3 is 3.24 bits per heavy atom. The smallest absolute Gasteiger partial charge is 0.0959 e. The predicted octanol–water partition coefficient (Wildman–Crippen LogP) is 1.89. The van der Waals surface area contributed by atoms with E-state index in [0.29, 0.717) is 5.88 Å². The van der Waals surface area contributed by atoms with E-state index in [9.17, 15) is 4.21 Å². The third-order valence-corrected chi connectivity index (χ3v) is 4.03. The molecule has 2 rings (SSSR count). The molecule has 4 heteroatoms. The monoisotopic (exact) mass is 250 g/mol. The van der Waals surface area contributed by atoms with Crippen molar-refractivity contribution in [3.05, 3.63) is 36.4 Å². The van der Waals surface area contributed by atoms with E-state index in [-0.39, 0.29) is 0 Å². The first kappa shape index (κ1) is 12.3. The van der Waals surface area contributed by atoms with Gasteiger partial charge in [-0.25, -0.2) is 0 Å². The van der Waals surface area contributed by atoms with Gasteiger partial charge >= 0.3 is 0 Å². The first-order valence-corrected chi connectivity index (χ1v) is 7.20. The summed E-state index contributed by atoms with van der Waals surface area (Å²) < 4.78 is 11.7. The summed E-state index contributed by atoms with van der Waals surface area (Å²) in [5.74, 6) is 0.555. The van der Waals surface area contributed by atoms with E-state index < -0.39 is 10.8 Å². The van der Waals surface area contributed by atoms with Crippen molar-refractivity contribution in [3.8, 4) is 0 Å². The molecule has 1 atom stereocenters. The summed E-state index contributed by atoms with van der Waals surface area (Å²) in [5.41, 5.74) is 2.29. The minimum absolute atomic E-state index is 0.555. The van der Waals surface area contributed by atoms with Crippen LogP contribution in [-0.2, 0) is 17.2 Å². The van der Waals surface area contributed by atoms with Crippen LogP contribution in [-0.4, -0.2) is 23.2 Å². The number of hydrogen-bond acceptors (Lipinski definition) is 3. The minimum atomic E-state index is -0.858. The fourth-order valence-corrected chi connectivity index (χ4v) is 3.01. The van der Waals surface area contributed by atoms with E-state index in [1.54, 1.807) is 0 Å². The highest BCUT2D eigenvalue weighted by atomic mass is 32.2. The lowest BCUT2D eigenvalue weighted by molar-refractivity contribution is 0.685. The molecule has 0 amide bonds. The molecule has 92 valence electrons. The van der Waals surface area contributed by atoms with Crippen LogP contribution in [0.2, 0.25) is 0 Å². The van der Waals surface area contributed by atoms with Gasteiger partial charge in [0, 0.05) is 6.54 Å². The average Bonchev–Trinajstić information content (AvgIpc) is 2.71. The van der Waals surface area contributed by atoms with E-state index in [1.165, 1.54) is 5.56 Å². The summed E-state index contributed by atoms with van der Waals surface area (Å²) in [5, 5.41) is 6.41. The molecule has 3 nitrogen and oxygen atoms in total. The zero-order chi connectivity index (χ0) is 12.1. The standard InChI is InChI=1S/C13H18N2OS/c1-2-7-14-8-3-4-11-5-6-12-13(9-11)17(16)10-15-12/h2,5-6,9,14-15H,1,3-4,7-8,10H2. The van der Waals surface area contributed by atoms with Crippen molar-refractivity contribution in [1.82, 2.24) is 5.32 Å². The van der Waals surface area contributed by atoms with Crippen LogP contribution in [0.3, 0.4) is 0 Å². The third-order valence-electron chi connectivity index (χ3n) is 2.79. The van der Waals surface area contributed by atoms with E-state index >= 15 is 0 Å². The molecule has 0 bridgehead atoms. The number of anilines is 1. The zero-order valence-corrected chi connectivity index (χ0v) is 10.7. The molecular weight excluding hydrogens is 232 g/mol. The molecule has 1 heterocycles. The van der Waals surface area contributed by atoms with Crippen molar-refractivity contribution >= 4 is 16.5 Å². The van der Waals surface area contributed by atoms with Gasteiger partial charge < -0.3 is 10.6 Å². The van der Waals surface area contributed by atoms with Crippen molar-refractivity contribution in [1.29, 1.82) is 0 Å². The molecule has 1 aliphatic heterocycles. The maximum Gasteiger partial charge on any atom is 0.0959 e. The Balaban J connectivity index is 1.88. The lowest BCUT2D eigenvalue weighted by Crippen LogP contribution is -2.15. The minimum Gasteiger partial charge on any atom is -0.372 e. The van der Waals surface area contributed by atoms with Gasteiger partial charge in [0.25, 0.3) is 0 Å². The number of nitrogens with one attached hydrogen (secondary N) is 2. The Labute approximate surface area is 105 Å². The van der Waals surface area contributed by atoms with Crippen LogP contribution >= 0.6 is 0 Å². The fourth-order valence-electron chi connectivity index (χ4n) is 1.90. The summed E-state index contributed by atoms with van der Waals surface area (Å²) in [6, 6.07) is 6.22. The van der Waals surface area contributed by atoms with Crippen LogP contribution in [0.25, 0.3) is 0 Å². The average molecular weight is 250 g/mol.